The predicted octanol–water partition coefficient (Wildman–Crippen LogP) is 5.29. The van der Waals surface area contributed by atoms with Crippen molar-refractivity contribution >= 4 is 46.1 Å². The van der Waals surface area contributed by atoms with E-state index in [4.69, 9.17) is 11.6 Å². The van der Waals surface area contributed by atoms with E-state index in [1.54, 1.807) is 18.2 Å². The van der Waals surface area contributed by atoms with Gasteiger partial charge in [0.25, 0.3) is 5.91 Å². The summed E-state index contributed by atoms with van der Waals surface area (Å²) in [4.78, 5) is 29.2. The molecular weight excluding hydrogens is 382 g/mol. The van der Waals surface area contributed by atoms with E-state index < -0.39 is 0 Å². The number of aromatic nitrogens is 1. The molecule has 0 radical (unpaired) electrons. The van der Waals surface area contributed by atoms with Gasteiger partial charge in [-0.3, -0.25) is 9.59 Å². The molecule has 1 heterocycles. The molecule has 3 aromatic rings. The van der Waals surface area contributed by atoms with Gasteiger partial charge in [-0.1, -0.05) is 23.7 Å². The molecule has 0 spiro atoms. The zero-order chi connectivity index (χ0) is 19.6. The lowest BCUT2D eigenvalue weighted by Crippen LogP contribution is -2.14. The molecule has 2 amide bonds. The predicted molar refractivity (Wildman–Crippen MR) is 111 cm³/mol. The fourth-order valence-electron chi connectivity index (χ4n) is 2.61. The molecule has 138 valence electrons. The van der Waals surface area contributed by atoms with Gasteiger partial charge in [0, 0.05) is 33.8 Å². The lowest BCUT2D eigenvalue weighted by Gasteiger charge is -2.07. The van der Waals surface area contributed by atoms with Gasteiger partial charge in [0.05, 0.1) is 0 Å². The Hall–Kier alpha value is -2.70. The van der Waals surface area contributed by atoms with Crippen LogP contribution in [0.4, 0.5) is 11.4 Å². The highest BCUT2D eigenvalue weighted by Gasteiger charge is 2.17. The summed E-state index contributed by atoms with van der Waals surface area (Å²) in [5.74, 6) is -0.403. The summed E-state index contributed by atoms with van der Waals surface area (Å²) in [6.07, 6.45) is 0. The maximum atomic E-state index is 12.7. The van der Waals surface area contributed by atoms with Crippen LogP contribution in [-0.2, 0) is 4.79 Å². The number of hydrogen-bond acceptors (Lipinski definition) is 4. The number of nitrogens with one attached hydrogen (secondary N) is 2. The first-order chi connectivity index (χ1) is 12.8. The Balaban J connectivity index is 1.86. The normalized spacial score (nSPS) is 10.5. The van der Waals surface area contributed by atoms with Crippen LogP contribution in [-0.4, -0.2) is 16.8 Å². The number of halogens is 1. The van der Waals surface area contributed by atoms with Gasteiger partial charge in [-0.05, 0) is 49.7 Å². The van der Waals surface area contributed by atoms with Crippen LogP contribution in [0.3, 0.4) is 0 Å². The maximum Gasteiger partial charge on any atom is 0.275 e. The summed E-state index contributed by atoms with van der Waals surface area (Å²) in [6, 6.07) is 12.7. The van der Waals surface area contributed by atoms with Crippen molar-refractivity contribution in [3.8, 4) is 10.6 Å². The zero-order valence-corrected chi connectivity index (χ0v) is 16.7. The Morgan fingerprint density at radius 2 is 1.85 bits per heavy atom. The van der Waals surface area contributed by atoms with Crippen molar-refractivity contribution in [2.75, 3.05) is 10.6 Å². The first-order valence-corrected chi connectivity index (χ1v) is 9.46. The van der Waals surface area contributed by atoms with Crippen LogP contribution in [0.5, 0.6) is 0 Å². The molecule has 5 nitrogen and oxygen atoms in total. The first kappa shape index (κ1) is 19.1. The third-order valence-corrected chi connectivity index (χ3v) is 5.13. The third kappa shape index (κ3) is 4.53. The lowest BCUT2D eigenvalue weighted by molar-refractivity contribution is -0.114. The van der Waals surface area contributed by atoms with Crippen LogP contribution in [0.15, 0.2) is 42.5 Å². The largest absolute Gasteiger partial charge is 0.326 e. The highest BCUT2D eigenvalue weighted by atomic mass is 35.5. The highest BCUT2D eigenvalue weighted by molar-refractivity contribution is 7.15. The molecule has 3 rings (SSSR count). The van der Waals surface area contributed by atoms with Gasteiger partial charge in [0.2, 0.25) is 5.91 Å². The first-order valence-electron chi connectivity index (χ1n) is 8.26. The fraction of sp³-hybridized carbons (Fsp3) is 0.150. The molecule has 2 N–H and O–H groups in total. The molecule has 7 heteroatoms. The van der Waals surface area contributed by atoms with Crippen LogP contribution in [0, 0.1) is 13.8 Å². The number of benzene rings is 2. The number of carbonyl (C=O) groups is 2. The zero-order valence-electron chi connectivity index (χ0n) is 15.1. The van der Waals surface area contributed by atoms with E-state index in [-0.39, 0.29) is 11.8 Å². The SMILES string of the molecule is CC(=O)Nc1cccc(-c2nc(C(=O)Nc3ccc(Cl)cc3C)c(C)s2)c1. The number of amides is 2. The van der Waals surface area contributed by atoms with Crippen LogP contribution < -0.4 is 10.6 Å². The van der Waals surface area contributed by atoms with Gasteiger partial charge in [0.15, 0.2) is 0 Å². The minimum Gasteiger partial charge on any atom is -0.326 e. The number of nitrogens with zero attached hydrogens (tertiary/aromatic N) is 1. The number of hydrogen-bond donors (Lipinski definition) is 2. The lowest BCUT2D eigenvalue weighted by atomic mass is 10.2. The smallest absolute Gasteiger partial charge is 0.275 e. The molecule has 0 bridgehead atoms. The van der Waals surface area contributed by atoms with Crippen molar-refractivity contribution in [3.63, 3.8) is 0 Å². The topological polar surface area (TPSA) is 71.1 Å². The quantitative estimate of drug-likeness (QED) is 0.626. The summed E-state index contributed by atoms with van der Waals surface area (Å²) < 4.78 is 0. The van der Waals surface area contributed by atoms with E-state index in [0.717, 1.165) is 21.0 Å². The number of aryl methyl sites for hydroxylation is 2. The molecule has 0 aliphatic heterocycles. The van der Waals surface area contributed by atoms with Crippen molar-refractivity contribution in [2.24, 2.45) is 0 Å². The highest BCUT2D eigenvalue weighted by Crippen LogP contribution is 2.30. The average Bonchev–Trinajstić information content (AvgIpc) is 2.99. The van der Waals surface area contributed by atoms with E-state index in [2.05, 4.69) is 15.6 Å². The number of carbonyl (C=O) groups excluding carboxylic acids is 2. The molecule has 0 fully saturated rings. The van der Waals surface area contributed by atoms with Gasteiger partial charge in [-0.2, -0.15) is 0 Å². The standard InChI is InChI=1S/C20H18ClN3O2S/c1-11-9-15(21)7-8-17(11)23-19(26)18-12(2)27-20(24-18)14-5-4-6-16(10-14)22-13(3)25/h4-10H,1-3H3,(H,22,25)(H,23,26). The molecule has 0 saturated carbocycles. The molecule has 0 saturated heterocycles. The Morgan fingerprint density at radius 3 is 2.56 bits per heavy atom. The van der Waals surface area contributed by atoms with Crippen LogP contribution in [0.25, 0.3) is 10.6 Å². The molecule has 0 aliphatic carbocycles. The summed E-state index contributed by atoms with van der Waals surface area (Å²) in [7, 11) is 0. The van der Waals surface area contributed by atoms with Crippen molar-refractivity contribution in [1.29, 1.82) is 0 Å². The third-order valence-electron chi connectivity index (χ3n) is 3.88. The van der Waals surface area contributed by atoms with Gasteiger partial charge in [-0.25, -0.2) is 4.98 Å². The van der Waals surface area contributed by atoms with E-state index in [9.17, 15) is 9.59 Å². The van der Waals surface area contributed by atoms with Crippen LogP contribution >= 0.6 is 22.9 Å². The van der Waals surface area contributed by atoms with Crippen LogP contribution in [0.2, 0.25) is 5.02 Å². The number of rotatable bonds is 4. The Kier molecular flexibility index (Phi) is 5.58. The Morgan fingerprint density at radius 1 is 1.07 bits per heavy atom. The Bertz CT molecular complexity index is 1030. The van der Waals surface area contributed by atoms with E-state index in [1.807, 2.05) is 38.1 Å². The summed E-state index contributed by atoms with van der Waals surface area (Å²) in [5, 5.41) is 6.98. The summed E-state index contributed by atoms with van der Waals surface area (Å²) in [6.45, 7) is 5.21. The second-order valence-electron chi connectivity index (χ2n) is 6.10. The summed E-state index contributed by atoms with van der Waals surface area (Å²) in [5.41, 5.74) is 3.50. The molecular formula is C20H18ClN3O2S. The molecule has 1 aromatic heterocycles. The maximum absolute atomic E-state index is 12.7. The number of thiazole rings is 1. The van der Waals surface area contributed by atoms with Crippen molar-refractivity contribution < 1.29 is 9.59 Å². The monoisotopic (exact) mass is 399 g/mol. The number of anilines is 2. The molecule has 0 atom stereocenters. The van der Waals surface area contributed by atoms with Gasteiger partial charge < -0.3 is 10.6 Å². The second-order valence-corrected chi connectivity index (χ2v) is 7.74. The van der Waals surface area contributed by atoms with Gasteiger partial charge >= 0.3 is 0 Å². The van der Waals surface area contributed by atoms with E-state index in [0.29, 0.717) is 22.1 Å². The van der Waals surface area contributed by atoms with Crippen molar-refractivity contribution in [1.82, 2.24) is 4.98 Å². The van der Waals surface area contributed by atoms with E-state index in [1.165, 1.54) is 18.3 Å². The Labute approximate surface area is 166 Å². The van der Waals surface area contributed by atoms with Crippen molar-refractivity contribution in [3.05, 3.63) is 63.6 Å². The minimum absolute atomic E-state index is 0.138. The second kappa shape index (κ2) is 7.90. The van der Waals surface area contributed by atoms with Crippen molar-refractivity contribution in [2.45, 2.75) is 20.8 Å². The molecule has 27 heavy (non-hydrogen) atoms. The fourth-order valence-corrected chi connectivity index (χ4v) is 3.75. The minimum atomic E-state index is -0.265. The summed E-state index contributed by atoms with van der Waals surface area (Å²) >= 11 is 7.40. The van der Waals surface area contributed by atoms with Gasteiger partial charge in [-0.15, -0.1) is 11.3 Å². The molecule has 2 aromatic carbocycles. The molecule has 0 unspecified atom stereocenters. The molecule has 0 aliphatic rings. The average molecular weight is 400 g/mol. The van der Waals surface area contributed by atoms with E-state index >= 15 is 0 Å². The van der Waals surface area contributed by atoms with Gasteiger partial charge in [0.1, 0.15) is 10.7 Å². The van der Waals surface area contributed by atoms with Crippen LogP contribution in [0.1, 0.15) is 27.9 Å².